The number of rotatable bonds is 5. The number of likely N-dealkylation sites (tertiary alicyclic amines) is 1. The Morgan fingerprint density at radius 3 is 2.37 bits per heavy atom. The summed E-state index contributed by atoms with van der Waals surface area (Å²) in [5.74, 6) is -0.108. The molecule has 1 N–H and O–H groups in total. The van der Waals surface area contributed by atoms with Gasteiger partial charge in [0.1, 0.15) is 6.54 Å². The normalized spacial score (nSPS) is 17.9. The van der Waals surface area contributed by atoms with Crippen LogP contribution in [0.25, 0.3) is 0 Å². The molecule has 1 aliphatic rings. The van der Waals surface area contributed by atoms with Crippen molar-refractivity contribution >= 4 is 11.9 Å². The molecule has 1 aliphatic heterocycles. The summed E-state index contributed by atoms with van der Waals surface area (Å²) in [4.78, 5) is 26.9. The molecule has 0 aromatic heterocycles. The van der Waals surface area contributed by atoms with Gasteiger partial charge in [-0.05, 0) is 26.3 Å². The summed E-state index contributed by atoms with van der Waals surface area (Å²) in [5.41, 5.74) is 0.303. The van der Waals surface area contributed by atoms with Gasteiger partial charge in [0.25, 0.3) is 0 Å². The third-order valence-electron chi connectivity index (χ3n) is 4.43. The third kappa shape index (κ3) is 6.45. The maximum Gasteiger partial charge on any atom is 0.406 e. The molecule has 0 saturated carbocycles. The third-order valence-corrected chi connectivity index (χ3v) is 4.43. The number of benzene rings is 1. The van der Waals surface area contributed by atoms with Crippen LogP contribution in [-0.4, -0.2) is 53.1 Å². The highest BCUT2D eigenvalue weighted by molar-refractivity contribution is 5.80. The summed E-state index contributed by atoms with van der Waals surface area (Å²) in [7, 11) is 0. The number of amides is 3. The minimum Gasteiger partial charge on any atom is -0.338 e. The number of hydrogen-bond donors (Lipinski definition) is 1. The smallest absolute Gasteiger partial charge is 0.338 e. The summed E-state index contributed by atoms with van der Waals surface area (Å²) in [6, 6.07) is 7.75. The molecule has 1 heterocycles. The fraction of sp³-hybridized carbons (Fsp3) is 0.579. The van der Waals surface area contributed by atoms with Crippen LogP contribution in [0.1, 0.15) is 32.8 Å². The zero-order chi connectivity index (χ0) is 20.2. The molecule has 150 valence electrons. The molecule has 3 amide bonds. The fourth-order valence-electron chi connectivity index (χ4n) is 3.13. The largest absolute Gasteiger partial charge is 0.406 e. The number of carbonyl (C=O) groups excluding carboxylic acids is 2. The van der Waals surface area contributed by atoms with E-state index in [0.717, 1.165) is 4.90 Å². The standard InChI is InChI=1S/C19H26F3N3O2/c1-18(2,3)25-12-15(9-16(25)26)10-23-17(27)24(13-19(20,21)22)11-14-7-5-4-6-8-14/h4-8,15H,9-13H2,1-3H3,(H,23,27)/t15-/m1/s1. The van der Waals surface area contributed by atoms with Gasteiger partial charge in [0.15, 0.2) is 0 Å². The van der Waals surface area contributed by atoms with Gasteiger partial charge >= 0.3 is 12.2 Å². The van der Waals surface area contributed by atoms with Crippen molar-refractivity contribution < 1.29 is 22.8 Å². The van der Waals surface area contributed by atoms with E-state index in [1.165, 1.54) is 0 Å². The predicted molar refractivity (Wildman–Crippen MR) is 95.9 cm³/mol. The first-order valence-electron chi connectivity index (χ1n) is 8.89. The maximum absolute atomic E-state index is 12.9. The van der Waals surface area contributed by atoms with Gasteiger partial charge in [-0.25, -0.2) is 4.79 Å². The Hall–Kier alpha value is -2.25. The molecule has 1 saturated heterocycles. The zero-order valence-electron chi connectivity index (χ0n) is 15.8. The van der Waals surface area contributed by atoms with E-state index in [1.807, 2.05) is 20.8 Å². The van der Waals surface area contributed by atoms with E-state index >= 15 is 0 Å². The van der Waals surface area contributed by atoms with Gasteiger partial charge in [-0.1, -0.05) is 30.3 Å². The lowest BCUT2D eigenvalue weighted by Gasteiger charge is -2.32. The molecule has 8 heteroatoms. The Balaban J connectivity index is 1.96. The van der Waals surface area contributed by atoms with Crippen LogP contribution in [0.3, 0.4) is 0 Å². The first-order valence-corrected chi connectivity index (χ1v) is 8.89. The highest BCUT2D eigenvalue weighted by Crippen LogP contribution is 2.25. The lowest BCUT2D eigenvalue weighted by Crippen LogP contribution is -2.46. The molecule has 27 heavy (non-hydrogen) atoms. The zero-order valence-corrected chi connectivity index (χ0v) is 15.8. The van der Waals surface area contributed by atoms with Gasteiger partial charge in [0.2, 0.25) is 5.91 Å². The van der Waals surface area contributed by atoms with Crippen molar-refractivity contribution in [1.29, 1.82) is 0 Å². The van der Waals surface area contributed by atoms with Crippen LogP contribution in [0.4, 0.5) is 18.0 Å². The van der Waals surface area contributed by atoms with E-state index in [4.69, 9.17) is 0 Å². The summed E-state index contributed by atoms with van der Waals surface area (Å²) in [5, 5.41) is 2.57. The van der Waals surface area contributed by atoms with Gasteiger partial charge in [-0.15, -0.1) is 0 Å². The van der Waals surface area contributed by atoms with E-state index in [1.54, 1.807) is 35.2 Å². The quantitative estimate of drug-likeness (QED) is 0.845. The monoisotopic (exact) mass is 385 g/mol. The molecule has 1 aromatic rings. The highest BCUT2D eigenvalue weighted by atomic mass is 19.4. The summed E-state index contributed by atoms with van der Waals surface area (Å²) in [6.07, 6.45) is -4.20. The summed E-state index contributed by atoms with van der Waals surface area (Å²) < 4.78 is 38.6. The van der Waals surface area contributed by atoms with Crippen molar-refractivity contribution in [2.45, 2.75) is 45.5 Å². The molecular weight excluding hydrogens is 359 g/mol. The highest BCUT2D eigenvalue weighted by Gasteiger charge is 2.37. The predicted octanol–water partition coefficient (Wildman–Crippen LogP) is 3.41. The lowest BCUT2D eigenvalue weighted by molar-refractivity contribution is -0.141. The van der Waals surface area contributed by atoms with Crippen LogP contribution in [0, 0.1) is 5.92 Å². The van der Waals surface area contributed by atoms with E-state index in [0.29, 0.717) is 12.1 Å². The summed E-state index contributed by atoms with van der Waals surface area (Å²) >= 11 is 0. The minimum atomic E-state index is -4.49. The van der Waals surface area contributed by atoms with Crippen molar-refractivity contribution in [1.82, 2.24) is 15.1 Å². The Kier molecular flexibility index (Phi) is 6.38. The number of carbonyl (C=O) groups is 2. The van der Waals surface area contributed by atoms with Crippen molar-refractivity contribution in [3.63, 3.8) is 0 Å². The molecule has 0 aliphatic carbocycles. The van der Waals surface area contributed by atoms with Gasteiger partial charge in [-0.2, -0.15) is 13.2 Å². The van der Waals surface area contributed by atoms with Crippen LogP contribution in [-0.2, 0) is 11.3 Å². The van der Waals surface area contributed by atoms with Crippen molar-refractivity contribution in [2.24, 2.45) is 5.92 Å². The van der Waals surface area contributed by atoms with Crippen LogP contribution in [0.15, 0.2) is 30.3 Å². The van der Waals surface area contributed by atoms with Gasteiger partial charge in [0, 0.05) is 37.5 Å². The molecule has 0 unspecified atom stereocenters. The van der Waals surface area contributed by atoms with Crippen LogP contribution >= 0.6 is 0 Å². The van der Waals surface area contributed by atoms with E-state index in [2.05, 4.69) is 5.32 Å². The average Bonchev–Trinajstić information content (AvgIpc) is 2.93. The van der Waals surface area contributed by atoms with Crippen molar-refractivity contribution in [2.75, 3.05) is 19.6 Å². The first kappa shape index (κ1) is 21.1. The van der Waals surface area contributed by atoms with Gasteiger partial charge in [0.05, 0.1) is 0 Å². The molecule has 1 aromatic carbocycles. The number of alkyl halides is 3. The van der Waals surface area contributed by atoms with E-state index < -0.39 is 18.8 Å². The number of hydrogen-bond acceptors (Lipinski definition) is 2. The first-order chi connectivity index (χ1) is 12.5. The molecule has 1 fully saturated rings. The average molecular weight is 385 g/mol. The number of nitrogens with one attached hydrogen (secondary N) is 1. The fourth-order valence-corrected chi connectivity index (χ4v) is 3.13. The van der Waals surface area contributed by atoms with Crippen LogP contribution in [0.2, 0.25) is 0 Å². The SMILES string of the molecule is CC(C)(C)N1C[C@@H](CNC(=O)N(Cc2ccccc2)CC(F)(F)F)CC1=O. The Bertz CT molecular complexity index is 656. The molecule has 0 spiro atoms. The minimum absolute atomic E-state index is 0.00168. The van der Waals surface area contributed by atoms with Gasteiger partial charge < -0.3 is 15.1 Å². The summed E-state index contributed by atoms with van der Waals surface area (Å²) in [6.45, 7) is 4.97. The molecule has 0 radical (unpaired) electrons. The number of urea groups is 1. The molecule has 5 nitrogen and oxygen atoms in total. The Morgan fingerprint density at radius 2 is 1.85 bits per heavy atom. The second kappa shape index (κ2) is 8.19. The van der Waals surface area contributed by atoms with Gasteiger partial charge in [-0.3, -0.25) is 4.79 Å². The number of halogens is 3. The maximum atomic E-state index is 12.9. The van der Waals surface area contributed by atoms with Crippen molar-refractivity contribution in [3.8, 4) is 0 Å². The lowest BCUT2D eigenvalue weighted by atomic mass is 10.1. The second-order valence-corrected chi connectivity index (χ2v) is 7.89. The molecule has 2 rings (SSSR count). The van der Waals surface area contributed by atoms with Crippen LogP contribution in [0.5, 0.6) is 0 Å². The van der Waals surface area contributed by atoms with E-state index in [-0.39, 0.29) is 36.9 Å². The van der Waals surface area contributed by atoms with Crippen molar-refractivity contribution in [3.05, 3.63) is 35.9 Å². The van der Waals surface area contributed by atoms with E-state index in [9.17, 15) is 22.8 Å². The molecule has 0 bridgehead atoms. The Labute approximate surface area is 157 Å². The Morgan fingerprint density at radius 1 is 1.22 bits per heavy atom. The number of nitrogens with zero attached hydrogens (tertiary/aromatic N) is 2. The van der Waals surface area contributed by atoms with Crippen LogP contribution < -0.4 is 5.32 Å². The molecular formula is C19H26F3N3O2. The molecule has 1 atom stereocenters. The second-order valence-electron chi connectivity index (χ2n) is 7.89. The topological polar surface area (TPSA) is 52.7 Å².